The van der Waals surface area contributed by atoms with E-state index in [1.54, 1.807) is 13.8 Å². The number of rotatable bonds is 7. The van der Waals surface area contributed by atoms with Gasteiger partial charge in [0.15, 0.2) is 5.16 Å². The molecule has 1 aliphatic carbocycles. The number of aromatic nitrogens is 3. The van der Waals surface area contributed by atoms with Gasteiger partial charge in [0.25, 0.3) is 0 Å². The first-order chi connectivity index (χ1) is 12.6. The molecule has 2 aromatic rings. The molecule has 0 radical (unpaired) electrons. The van der Waals surface area contributed by atoms with Crippen molar-refractivity contribution in [3.8, 4) is 0 Å². The molecule has 138 valence electrons. The van der Waals surface area contributed by atoms with Crippen LogP contribution in [0.15, 0.2) is 35.5 Å². The van der Waals surface area contributed by atoms with Gasteiger partial charge in [-0.3, -0.25) is 10.1 Å². The number of hydrogen-bond acceptors (Lipinski definition) is 5. The lowest BCUT2D eigenvalue weighted by Crippen LogP contribution is -2.42. The van der Waals surface area contributed by atoms with E-state index in [4.69, 9.17) is 0 Å². The predicted molar refractivity (Wildman–Crippen MR) is 100 cm³/mol. The molecular formula is C18H23N5O2S. The molecule has 1 atom stereocenters. The van der Waals surface area contributed by atoms with Gasteiger partial charge in [0, 0.05) is 12.5 Å². The molecule has 1 aromatic carbocycles. The van der Waals surface area contributed by atoms with Crippen LogP contribution in [0.1, 0.15) is 44.0 Å². The largest absolute Gasteiger partial charge is 0.338 e. The number of carbonyl (C=O) groups excluding carboxylic acids is 2. The molecule has 1 fully saturated rings. The number of benzene rings is 1. The normalized spacial score (nSPS) is 14.7. The summed E-state index contributed by atoms with van der Waals surface area (Å²) in [6.45, 7) is 4.70. The zero-order chi connectivity index (χ0) is 18.5. The molecular weight excluding hydrogens is 350 g/mol. The number of amides is 3. The van der Waals surface area contributed by atoms with Crippen molar-refractivity contribution in [3.63, 3.8) is 0 Å². The standard InChI is InChI=1S/C18H23N5O2S/c1-3-19-17(25)20-16(24)12(2)26-18-22-21-15(14-9-10-14)23(18)11-13-7-5-4-6-8-13/h4-8,12,14H,3,9-11H2,1-2H3,(H2,19,20,24,25)/t12-/m0/s1. The Bertz CT molecular complexity index is 773. The molecule has 1 saturated carbocycles. The van der Waals surface area contributed by atoms with Crippen LogP contribution >= 0.6 is 11.8 Å². The lowest BCUT2D eigenvalue weighted by atomic mass is 10.2. The minimum Gasteiger partial charge on any atom is -0.338 e. The molecule has 8 heteroatoms. The molecule has 0 saturated heterocycles. The molecule has 3 amide bonds. The lowest BCUT2D eigenvalue weighted by Gasteiger charge is -2.13. The molecule has 0 spiro atoms. The number of imide groups is 1. The third-order valence-electron chi connectivity index (χ3n) is 4.10. The average Bonchev–Trinajstić information content (AvgIpc) is 3.40. The van der Waals surface area contributed by atoms with Gasteiger partial charge in [-0.25, -0.2) is 4.79 Å². The van der Waals surface area contributed by atoms with Crippen LogP contribution in [0.4, 0.5) is 4.79 Å². The fourth-order valence-electron chi connectivity index (χ4n) is 2.58. The van der Waals surface area contributed by atoms with Crippen molar-refractivity contribution in [2.45, 2.75) is 49.6 Å². The zero-order valence-electron chi connectivity index (χ0n) is 14.9. The predicted octanol–water partition coefficient (Wildman–Crippen LogP) is 2.53. The first-order valence-electron chi connectivity index (χ1n) is 8.80. The summed E-state index contributed by atoms with van der Waals surface area (Å²) in [5.74, 6) is 1.09. The summed E-state index contributed by atoms with van der Waals surface area (Å²) in [5.41, 5.74) is 1.16. The molecule has 1 aromatic heterocycles. The quantitative estimate of drug-likeness (QED) is 0.728. The van der Waals surface area contributed by atoms with Crippen LogP contribution in [-0.2, 0) is 11.3 Å². The molecule has 3 rings (SSSR count). The molecule has 0 unspecified atom stereocenters. The van der Waals surface area contributed by atoms with Crippen molar-refractivity contribution in [1.82, 2.24) is 25.4 Å². The number of urea groups is 1. The second-order valence-corrected chi connectivity index (χ2v) is 7.60. The van der Waals surface area contributed by atoms with Crippen LogP contribution in [0.25, 0.3) is 0 Å². The van der Waals surface area contributed by atoms with E-state index in [2.05, 4.69) is 37.5 Å². The fourth-order valence-corrected chi connectivity index (χ4v) is 3.43. The first kappa shape index (κ1) is 18.4. The van der Waals surface area contributed by atoms with Gasteiger partial charge in [-0.1, -0.05) is 42.1 Å². The smallest absolute Gasteiger partial charge is 0.321 e. The number of carbonyl (C=O) groups is 2. The maximum Gasteiger partial charge on any atom is 0.321 e. The SMILES string of the molecule is CCNC(=O)NC(=O)[C@H](C)Sc1nnc(C2CC2)n1Cc1ccccc1. The minimum absolute atomic E-state index is 0.344. The topological polar surface area (TPSA) is 88.9 Å². The maximum atomic E-state index is 12.2. The van der Waals surface area contributed by atoms with Gasteiger partial charge in [-0.15, -0.1) is 10.2 Å². The molecule has 7 nitrogen and oxygen atoms in total. The van der Waals surface area contributed by atoms with E-state index in [1.165, 1.54) is 11.8 Å². The van der Waals surface area contributed by atoms with Gasteiger partial charge >= 0.3 is 6.03 Å². The van der Waals surface area contributed by atoms with Gasteiger partial charge in [0.1, 0.15) is 5.82 Å². The van der Waals surface area contributed by atoms with Crippen molar-refractivity contribution in [3.05, 3.63) is 41.7 Å². The summed E-state index contributed by atoms with van der Waals surface area (Å²) in [6, 6.07) is 9.65. The monoisotopic (exact) mass is 373 g/mol. The molecule has 26 heavy (non-hydrogen) atoms. The Morgan fingerprint density at radius 2 is 2.00 bits per heavy atom. The summed E-state index contributed by atoms with van der Waals surface area (Å²) >= 11 is 1.32. The van der Waals surface area contributed by atoms with Crippen LogP contribution in [0, 0.1) is 0 Å². The Hall–Kier alpha value is -2.35. The Morgan fingerprint density at radius 1 is 1.27 bits per heavy atom. The Kier molecular flexibility index (Phi) is 5.92. The van der Waals surface area contributed by atoms with E-state index in [0.717, 1.165) is 24.2 Å². The van der Waals surface area contributed by atoms with Crippen LogP contribution < -0.4 is 10.6 Å². The van der Waals surface area contributed by atoms with Crippen molar-refractivity contribution in [2.75, 3.05) is 6.54 Å². The average molecular weight is 373 g/mol. The van der Waals surface area contributed by atoms with Crippen molar-refractivity contribution in [2.24, 2.45) is 0 Å². The molecule has 1 aliphatic rings. The van der Waals surface area contributed by atoms with Crippen molar-refractivity contribution >= 4 is 23.7 Å². The Balaban J connectivity index is 1.73. The van der Waals surface area contributed by atoms with Gasteiger partial charge < -0.3 is 9.88 Å². The highest BCUT2D eigenvalue weighted by Gasteiger charge is 2.31. The van der Waals surface area contributed by atoms with E-state index in [-0.39, 0.29) is 5.91 Å². The summed E-state index contributed by atoms with van der Waals surface area (Å²) in [4.78, 5) is 23.7. The van der Waals surface area contributed by atoms with E-state index in [9.17, 15) is 9.59 Å². The highest BCUT2D eigenvalue weighted by Crippen LogP contribution is 2.40. The van der Waals surface area contributed by atoms with Gasteiger partial charge in [0.2, 0.25) is 5.91 Å². The number of nitrogens with one attached hydrogen (secondary N) is 2. The van der Waals surface area contributed by atoms with Gasteiger partial charge in [-0.05, 0) is 32.3 Å². The van der Waals surface area contributed by atoms with E-state index in [0.29, 0.717) is 24.2 Å². The molecule has 1 heterocycles. The Morgan fingerprint density at radius 3 is 2.65 bits per heavy atom. The summed E-state index contributed by atoms with van der Waals surface area (Å²) < 4.78 is 2.09. The molecule has 0 aliphatic heterocycles. The van der Waals surface area contributed by atoms with Crippen LogP contribution in [0.3, 0.4) is 0 Å². The number of hydrogen-bond donors (Lipinski definition) is 2. The van der Waals surface area contributed by atoms with Crippen LogP contribution in [0.5, 0.6) is 0 Å². The summed E-state index contributed by atoms with van der Waals surface area (Å²) in [5, 5.41) is 13.8. The number of nitrogens with zero attached hydrogens (tertiary/aromatic N) is 3. The summed E-state index contributed by atoms with van der Waals surface area (Å²) in [6.07, 6.45) is 2.26. The highest BCUT2D eigenvalue weighted by molar-refractivity contribution is 8.00. The number of thioether (sulfide) groups is 1. The molecule has 0 bridgehead atoms. The van der Waals surface area contributed by atoms with Crippen molar-refractivity contribution in [1.29, 1.82) is 0 Å². The fraction of sp³-hybridized carbons (Fsp3) is 0.444. The van der Waals surface area contributed by atoms with E-state index < -0.39 is 11.3 Å². The maximum absolute atomic E-state index is 12.2. The third-order valence-corrected chi connectivity index (χ3v) is 5.18. The first-order valence-corrected chi connectivity index (χ1v) is 9.68. The van der Waals surface area contributed by atoms with Gasteiger partial charge in [0.05, 0.1) is 11.8 Å². The lowest BCUT2D eigenvalue weighted by molar-refractivity contribution is -0.119. The van der Waals surface area contributed by atoms with Crippen LogP contribution in [-0.4, -0.2) is 38.5 Å². The second kappa shape index (κ2) is 8.35. The highest BCUT2D eigenvalue weighted by atomic mass is 32.2. The second-order valence-electron chi connectivity index (χ2n) is 6.30. The zero-order valence-corrected chi connectivity index (χ0v) is 15.8. The van der Waals surface area contributed by atoms with E-state index in [1.807, 2.05) is 18.2 Å². The third kappa shape index (κ3) is 4.63. The van der Waals surface area contributed by atoms with Crippen molar-refractivity contribution < 1.29 is 9.59 Å². The van der Waals surface area contributed by atoms with E-state index >= 15 is 0 Å². The molecule has 2 N–H and O–H groups in total. The van der Waals surface area contributed by atoms with Gasteiger partial charge in [-0.2, -0.15) is 0 Å². The summed E-state index contributed by atoms with van der Waals surface area (Å²) in [7, 11) is 0. The van der Waals surface area contributed by atoms with Crippen LogP contribution in [0.2, 0.25) is 0 Å². The Labute approximate surface area is 157 Å². The minimum atomic E-state index is -0.477.